The van der Waals surface area contributed by atoms with Gasteiger partial charge in [0.25, 0.3) is 0 Å². The zero-order valence-electron chi connectivity index (χ0n) is 12.2. The highest BCUT2D eigenvalue weighted by Gasteiger charge is 2.33. The Kier molecular flexibility index (Phi) is 5.61. The van der Waals surface area contributed by atoms with Crippen LogP contribution in [0.3, 0.4) is 0 Å². The van der Waals surface area contributed by atoms with Crippen molar-refractivity contribution in [3.8, 4) is 0 Å². The minimum Gasteiger partial charge on any atom is -0.330 e. The minimum atomic E-state index is -3.38. The second kappa shape index (κ2) is 6.43. The molecule has 114 valence electrons. The first-order valence-corrected chi connectivity index (χ1v) is 8.08. The predicted octanol–water partition coefficient (Wildman–Crippen LogP) is 2.00. The molecule has 0 saturated carbocycles. The van der Waals surface area contributed by atoms with Crippen LogP contribution in [0.2, 0.25) is 0 Å². The van der Waals surface area contributed by atoms with Gasteiger partial charge >= 0.3 is 0 Å². The maximum absolute atomic E-state index is 12.7. The standard InChI is InChI=1S/C14H22N2O2S.ClH/c1-10-6-11(2)14(12(3)7-10)19(17,18)16-5-4-13(8-15)9-16;/h6-7,13H,4-5,8-9,15H2,1-3H3;1H. The van der Waals surface area contributed by atoms with E-state index in [1.165, 1.54) is 0 Å². The molecule has 0 spiro atoms. The van der Waals surface area contributed by atoms with Crippen LogP contribution in [0.1, 0.15) is 23.1 Å². The largest absolute Gasteiger partial charge is 0.330 e. The maximum Gasteiger partial charge on any atom is 0.243 e. The summed E-state index contributed by atoms with van der Waals surface area (Å²) in [7, 11) is -3.38. The van der Waals surface area contributed by atoms with Crippen molar-refractivity contribution in [1.82, 2.24) is 4.31 Å². The lowest BCUT2D eigenvalue weighted by molar-refractivity contribution is 0.458. The molecule has 1 aromatic carbocycles. The third-order valence-corrected chi connectivity index (χ3v) is 5.96. The summed E-state index contributed by atoms with van der Waals surface area (Å²) in [5, 5.41) is 0. The van der Waals surface area contributed by atoms with E-state index in [0.29, 0.717) is 30.4 Å². The SMILES string of the molecule is Cc1cc(C)c(S(=O)(=O)N2CCC(CN)C2)c(C)c1.Cl. The van der Waals surface area contributed by atoms with Crippen LogP contribution in [0.4, 0.5) is 0 Å². The van der Waals surface area contributed by atoms with Crippen molar-refractivity contribution >= 4 is 22.4 Å². The van der Waals surface area contributed by atoms with Crippen LogP contribution in [0, 0.1) is 26.7 Å². The van der Waals surface area contributed by atoms with Gasteiger partial charge in [0.05, 0.1) is 4.90 Å². The number of rotatable bonds is 3. The highest BCUT2D eigenvalue weighted by molar-refractivity contribution is 7.89. The van der Waals surface area contributed by atoms with Gasteiger partial charge in [0.1, 0.15) is 0 Å². The highest BCUT2D eigenvalue weighted by atomic mass is 35.5. The van der Waals surface area contributed by atoms with E-state index in [2.05, 4.69) is 0 Å². The van der Waals surface area contributed by atoms with Gasteiger partial charge < -0.3 is 5.73 Å². The van der Waals surface area contributed by atoms with Crippen molar-refractivity contribution in [2.45, 2.75) is 32.1 Å². The van der Waals surface area contributed by atoms with E-state index in [4.69, 9.17) is 5.73 Å². The lowest BCUT2D eigenvalue weighted by Crippen LogP contribution is -2.31. The van der Waals surface area contributed by atoms with E-state index in [1.807, 2.05) is 32.9 Å². The Bertz CT molecular complexity index is 564. The summed E-state index contributed by atoms with van der Waals surface area (Å²) in [6.45, 7) is 7.39. The van der Waals surface area contributed by atoms with Crippen LogP contribution in [0.15, 0.2) is 17.0 Å². The number of aryl methyl sites for hydroxylation is 3. The first-order valence-electron chi connectivity index (χ1n) is 6.64. The minimum absolute atomic E-state index is 0. The van der Waals surface area contributed by atoms with Crippen LogP contribution < -0.4 is 5.73 Å². The molecule has 2 N–H and O–H groups in total. The molecule has 0 bridgehead atoms. The van der Waals surface area contributed by atoms with Gasteiger partial charge in [-0.25, -0.2) is 8.42 Å². The van der Waals surface area contributed by atoms with Crippen LogP contribution in [0.5, 0.6) is 0 Å². The molecule has 0 aliphatic carbocycles. The van der Waals surface area contributed by atoms with Gasteiger partial charge in [-0.1, -0.05) is 17.7 Å². The molecule has 1 aliphatic rings. The highest BCUT2D eigenvalue weighted by Crippen LogP contribution is 2.28. The number of sulfonamides is 1. The monoisotopic (exact) mass is 318 g/mol. The normalized spacial score (nSPS) is 19.9. The number of hydrogen-bond acceptors (Lipinski definition) is 3. The van der Waals surface area contributed by atoms with Gasteiger partial charge in [0.2, 0.25) is 10.0 Å². The molecule has 1 unspecified atom stereocenters. The molecule has 4 nitrogen and oxygen atoms in total. The van der Waals surface area contributed by atoms with E-state index >= 15 is 0 Å². The summed E-state index contributed by atoms with van der Waals surface area (Å²) in [5.41, 5.74) is 8.38. The van der Waals surface area contributed by atoms with Crippen molar-refractivity contribution in [2.75, 3.05) is 19.6 Å². The van der Waals surface area contributed by atoms with Crippen LogP contribution >= 0.6 is 12.4 Å². The molecule has 20 heavy (non-hydrogen) atoms. The fourth-order valence-electron chi connectivity index (χ4n) is 2.91. The van der Waals surface area contributed by atoms with Crippen molar-refractivity contribution < 1.29 is 8.42 Å². The average molecular weight is 319 g/mol. The van der Waals surface area contributed by atoms with E-state index in [0.717, 1.165) is 23.1 Å². The Morgan fingerprint density at radius 2 is 1.80 bits per heavy atom. The summed E-state index contributed by atoms with van der Waals surface area (Å²) in [6, 6.07) is 3.85. The number of nitrogens with zero attached hydrogens (tertiary/aromatic N) is 1. The molecule has 1 fully saturated rings. The molecule has 2 rings (SSSR count). The Hall–Kier alpha value is -0.620. The van der Waals surface area contributed by atoms with Gasteiger partial charge in [-0.05, 0) is 50.8 Å². The van der Waals surface area contributed by atoms with E-state index < -0.39 is 10.0 Å². The van der Waals surface area contributed by atoms with Crippen LogP contribution in [-0.4, -0.2) is 32.4 Å². The van der Waals surface area contributed by atoms with E-state index in [-0.39, 0.29) is 12.4 Å². The summed E-state index contributed by atoms with van der Waals surface area (Å²) < 4.78 is 27.0. The molecule has 1 heterocycles. The molecule has 6 heteroatoms. The van der Waals surface area contributed by atoms with Gasteiger partial charge in [0.15, 0.2) is 0 Å². The third kappa shape index (κ3) is 3.17. The number of nitrogens with two attached hydrogens (primary N) is 1. The van der Waals surface area contributed by atoms with Crippen molar-refractivity contribution in [3.05, 3.63) is 28.8 Å². The molecule has 0 radical (unpaired) electrons. The molecule has 1 aromatic rings. The molecular formula is C14H23ClN2O2S. The average Bonchev–Trinajstić information content (AvgIpc) is 2.75. The van der Waals surface area contributed by atoms with E-state index in [1.54, 1.807) is 4.31 Å². The maximum atomic E-state index is 12.7. The van der Waals surface area contributed by atoms with Crippen LogP contribution in [-0.2, 0) is 10.0 Å². The molecule has 1 atom stereocenters. The number of halogens is 1. The van der Waals surface area contributed by atoms with Gasteiger partial charge in [0, 0.05) is 13.1 Å². The Balaban J connectivity index is 0.00000200. The van der Waals surface area contributed by atoms with Crippen molar-refractivity contribution in [2.24, 2.45) is 11.7 Å². The topological polar surface area (TPSA) is 63.4 Å². The summed E-state index contributed by atoms with van der Waals surface area (Å²) in [5.74, 6) is 0.292. The van der Waals surface area contributed by atoms with Crippen molar-refractivity contribution in [3.63, 3.8) is 0 Å². The Labute approximate surface area is 127 Å². The van der Waals surface area contributed by atoms with Crippen LogP contribution in [0.25, 0.3) is 0 Å². The molecule has 1 aliphatic heterocycles. The molecule has 1 saturated heterocycles. The lowest BCUT2D eigenvalue weighted by atomic mass is 10.1. The summed E-state index contributed by atoms with van der Waals surface area (Å²) in [4.78, 5) is 0.468. The molecular weight excluding hydrogens is 296 g/mol. The van der Waals surface area contributed by atoms with E-state index in [9.17, 15) is 8.42 Å². The first-order chi connectivity index (χ1) is 8.86. The fraction of sp³-hybridized carbons (Fsp3) is 0.571. The van der Waals surface area contributed by atoms with Gasteiger partial charge in [-0.15, -0.1) is 12.4 Å². The second-order valence-corrected chi connectivity index (χ2v) is 7.36. The van der Waals surface area contributed by atoms with Gasteiger partial charge in [-0.2, -0.15) is 4.31 Å². The van der Waals surface area contributed by atoms with Gasteiger partial charge in [-0.3, -0.25) is 0 Å². The second-order valence-electron chi connectivity index (χ2n) is 5.48. The summed E-state index contributed by atoms with van der Waals surface area (Å²) in [6.07, 6.45) is 0.861. The molecule has 0 aromatic heterocycles. The third-order valence-electron chi connectivity index (χ3n) is 3.78. The first kappa shape index (κ1) is 17.4. The summed E-state index contributed by atoms with van der Waals surface area (Å²) >= 11 is 0. The zero-order valence-corrected chi connectivity index (χ0v) is 13.9. The van der Waals surface area contributed by atoms with Crippen molar-refractivity contribution in [1.29, 1.82) is 0 Å². The Morgan fingerprint density at radius 3 is 2.25 bits per heavy atom. The number of benzene rings is 1. The quantitative estimate of drug-likeness (QED) is 0.927. The zero-order chi connectivity index (χ0) is 14.2. The predicted molar refractivity (Wildman–Crippen MR) is 83.8 cm³/mol. The smallest absolute Gasteiger partial charge is 0.243 e. The number of hydrogen-bond donors (Lipinski definition) is 1. The Morgan fingerprint density at radius 1 is 1.25 bits per heavy atom. The lowest BCUT2D eigenvalue weighted by Gasteiger charge is -2.20. The fourth-order valence-corrected chi connectivity index (χ4v) is 4.85. The molecule has 0 amide bonds.